The fraction of sp³-hybridized carbons (Fsp3) is 0.250. The van der Waals surface area contributed by atoms with Gasteiger partial charge in [0, 0.05) is 6.07 Å². The smallest absolute Gasteiger partial charge is 0.361 e. The molecule has 0 atom stereocenters. The Bertz CT molecular complexity index is 688. The first kappa shape index (κ1) is 14.8. The summed E-state index contributed by atoms with van der Waals surface area (Å²) < 4.78 is 50.1. The predicted molar refractivity (Wildman–Crippen MR) is 64.2 cm³/mol. The number of rotatable bonds is 4. The van der Waals surface area contributed by atoms with Gasteiger partial charge in [0.1, 0.15) is 11.4 Å². The van der Waals surface area contributed by atoms with Crippen molar-refractivity contribution in [1.82, 2.24) is 15.4 Å². The second-order valence-corrected chi connectivity index (χ2v) is 3.80. The van der Waals surface area contributed by atoms with Crippen LogP contribution >= 0.6 is 0 Å². The molecule has 0 saturated carbocycles. The summed E-state index contributed by atoms with van der Waals surface area (Å²) in [5.41, 5.74) is -1.21. The molecule has 1 aromatic heterocycles. The summed E-state index contributed by atoms with van der Waals surface area (Å²) in [7, 11) is 1.14. The maximum Gasteiger partial charge on any atom is 0.361 e. The van der Waals surface area contributed by atoms with Crippen molar-refractivity contribution >= 4 is 5.97 Å². The van der Waals surface area contributed by atoms with Crippen LogP contribution in [-0.4, -0.2) is 35.1 Å². The number of nitrogens with zero attached hydrogens (tertiary/aromatic N) is 2. The number of ether oxygens (including phenoxy) is 2. The molecule has 2 rings (SSSR count). The summed E-state index contributed by atoms with van der Waals surface area (Å²) in [5, 5.41) is 9.22. The van der Waals surface area contributed by atoms with Crippen molar-refractivity contribution in [1.29, 1.82) is 0 Å². The Morgan fingerprint density at radius 2 is 2.00 bits per heavy atom. The van der Waals surface area contributed by atoms with Gasteiger partial charge in [0.15, 0.2) is 23.1 Å². The lowest BCUT2D eigenvalue weighted by molar-refractivity contribution is 0.0520. The Hall–Kier alpha value is -2.58. The van der Waals surface area contributed by atoms with Crippen LogP contribution in [0, 0.1) is 17.5 Å². The number of nitrogens with one attached hydrogen (secondary N) is 1. The molecule has 0 aliphatic rings. The van der Waals surface area contributed by atoms with E-state index in [0.29, 0.717) is 6.07 Å². The van der Waals surface area contributed by atoms with Gasteiger partial charge >= 0.3 is 5.97 Å². The van der Waals surface area contributed by atoms with Crippen LogP contribution < -0.4 is 4.74 Å². The standard InChI is InChI=1S/C12H10F3N3O3/c1-3-21-12(19)11-10(16-18-17-11)7-6(20-2)4-5(13)8(14)9(7)15/h4H,3H2,1-2H3,(H,16,17,18). The average Bonchev–Trinajstić information content (AvgIpc) is 2.93. The largest absolute Gasteiger partial charge is 0.496 e. The fourth-order valence-electron chi connectivity index (χ4n) is 1.70. The number of carbonyl (C=O) groups is 1. The molecule has 6 nitrogen and oxygen atoms in total. The summed E-state index contributed by atoms with van der Waals surface area (Å²) in [5.74, 6) is -5.87. The van der Waals surface area contributed by atoms with Crippen molar-refractivity contribution in [3.05, 3.63) is 29.2 Å². The molecular weight excluding hydrogens is 291 g/mol. The molecule has 1 heterocycles. The Morgan fingerprint density at radius 1 is 1.29 bits per heavy atom. The summed E-state index contributed by atoms with van der Waals surface area (Å²) in [6, 6.07) is 0.650. The minimum Gasteiger partial charge on any atom is -0.496 e. The van der Waals surface area contributed by atoms with Crippen molar-refractivity contribution in [3.8, 4) is 17.0 Å². The van der Waals surface area contributed by atoms with Crippen LogP contribution in [-0.2, 0) is 4.74 Å². The number of aromatic nitrogens is 3. The predicted octanol–water partition coefficient (Wildman–Crippen LogP) is 2.07. The van der Waals surface area contributed by atoms with Gasteiger partial charge in [-0.25, -0.2) is 18.0 Å². The third kappa shape index (κ3) is 2.54. The average molecular weight is 301 g/mol. The fourth-order valence-corrected chi connectivity index (χ4v) is 1.70. The van der Waals surface area contributed by atoms with E-state index >= 15 is 0 Å². The number of carbonyl (C=O) groups excluding carboxylic acids is 1. The highest BCUT2D eigenvalue weighted by Gasteiger charge is 2.28. The number of benzene rings is 1. The van der Waals surface area contributed by atoms with E-state index in [1.54, 1.807) is 6.92 Å². The van der Waals surface area contributed by atoms with Crippen LogP contribution in [0.2, 0.25) is 0 Å². The zero-order chi connectivity index (χ0) is 15.6. The zero-order valence-electron chi connectivity index (χ0n) is 11.0. The van der Waals surface area contributed by atoms with E-state index in [0.717, 1.165) is 7.11 Å². The minimum atomic E-state index is -1.70. The quantitative estimate of drug-likeness (QED) is 0.691. The van der Waals surface area contributed by atoms with Gasteiger partial charge in [-0.2, -0.15) is 10.3 Å². The second-order valence-electron chi connectivity index (χ2n) is 3.80. The molecule has 1 aromatic carbocycles. The maximum atomic E-state index is 14.0. The van der Waals surface area contributed by atoms with Crippen molar-refractivity contribution in [2.45, 2.75) is 6.92 Å². The lowest BCUT2D eigenvalue weighted by Crippen LogP contribution is -2.08. The second kappa shape index (κ2) is 5.81. The number of esters is 1. The monoisotopic (exact) mass is 301 g/mol. The first-order chi connectivity index (χ1) is 10.0. The van der Waals surface area contributed by atoms with Crippen LogP contribution in [0.25, 0.3) is 11.3 Å². The molecule has 1 N–H and O–H groups in total. The van der Waals surface area contributed by atoms with Crippen molar-refractivity contribution < 1.29 is 27.4 Å². The van der Waals surface area contributed by atoms with E-state index in [1.165, 1.54) is 0 Å². The Morgan fingerprint density at radius 3 is 2.62 bits per heavy atom. The molecule has 0 spiro atoms. The van der Waals surface area contributed by atoms with E-state index in [-0.39, 0.29) is 23.7 Å². The zero-order valence-corrected chi connectivity index (χ0v) is 11.0. The summed E-state index contributed by atoms with van der Waals surface area (Å²) in [6.45, 7) is 1.62. The third-order valence-corrected chi connectivity index (χ3v) is 2.60. The van der Waals surface area contributed by atoms with Gasteiger partial charge in [0.2, 0.25) is 0 Å². The third-order valence-electron chi connectivity index (χ3n) is 2.60. The summed E-state index contributed by atoms with van der Waals surface area (Å²) >= 11 is 0. The van der Waals surface area contributed by atoms with Gasteiger partial charge in [-0.05, 0) is 6.92 Å². The molecule has 9 heteroatoms. The molecule has 0 fully saturated rings. The number of hydrogen-bond acceptors (Lipinski definition) is 5. The number of methoxy groups -OCH3 is 1. The van der Waals surface area contributed by atoms with Gasteiger partial charge in [0.25, 0.3) is 0 Å². The number of hydrogen-bond donors (Lipinski definition) is 1. The first-order valence-corrected chi connectivity index (χ1v) is 5.81. The molecule has 0 aliphatic heterocycles. The topological polar surface area (TPSA) is 77.1 Å². The van der Waals surface area contributed by atoms with Crippen molar-refractivity contribution in [3.63, 3.8) is 0 Å². The maximum absolute atomic E-state index is 14.0. The van der Waals surface area contributed by atoms with Gasteiger partial charge < -0.3 is 9.47 Å². The van der Waals surface area contributed by atoms with E-state index < -0.39 is 29.0 Å². The van der Waals surface area contributed by atoms with Gasteiger partial charge in [0.05, 0.1) is 19.3 Å². The van der Waals surface area contributed by atoms with Crippen LogP contribution in [0.3, 0.4) is 0 Å². The minimum absolute atomic E-state index is 0.0581. The highest BCUT2D eigenvalue weighted by Crippen LogP contribution is 2.35. The number of aromatic amines is 1. The molecule has 2 aromatic rings. The van der Waals surface area contributed by atoms with Crippen LogP contribution in [0.15, 0.2) is 6.07 Å². The van der Waals surface area contributed by atoms with Crippen LogP contribution in [0.5, 0.6) is 5.75 Å². The lowest BCUT2D eigenvalue weighted by Gasteiger charge is -2.09. The van der Waals surface area contributed by atoms with E-state index in [2.05, 4.69) is 15.4 Å². The first-order valence-electron chi connectivity index (χ1n) is 5.81. The van der Waals surface area contributed by atoms with Crippen molar-refractivity contribution in [2.24, 2.45) is 0 Å². The SMILES string of the molecule is CCOC(=O)c1n[nH]nc1-c1c(OC)cc(F)c(F)c1F. The highest BCUT2D eigenvalue weighted by molar-refractivity contribution is 5.94. The molecule has 21 heavy (non-hydrogen) atoms. The Balaban J connectivity index is 2.65. The van der Waals surface area contributed by atoms with Gasteiger partial charge in [-0.3, -0.25) is 0 Å². The Kier molecular flexibility index (Phi) is 4.10. The molecule has 0 bridgehead atoms. The number of H-pyrrole nitrogens is 1. The molecule has 112 valence electrons. The molecule has 0 amide bonds. The normalized spacial score (nSPS) is 10.5. The summed E-state index contributed by atoms with van der Waals surface area (Å²) in [6.07, 6.45) is 0. The molecule has 0 unspecified atom stereocenters. The molecule has 0 aliphatic carbocycles. The van der Waals surface area contributed by atoms with E-state index in [4.69, 9.17) is 9.47 Å². The van der Waals surface area contributed by atoms with Crippen LogP contribution in [0.1, 0.15) is 17.4 Å². The molecule has 0 radical (unpaired) electrons. The lowest BCUT2D eigenvalue weighted by atomic mass is 10.1. The van der Waals surface area contributed by atoms with Crippen LogP contribution in [0.4, 0.5) is 13.2 Å². The van der Waals surface area contributed by atoms with E-state index in [9.17, 15) is 18.0 Å². The highest BCUT2D eigenvalue weighted by atomic mass is 19.2. The van der Waals surface area contributed by atoms with Crippen molar-refractivity contribution in [2.75, 3.05) is 13.7 Å². The van der Waals surface area contributed by atoms with Gasteiger partial charge in [-0.1, -0.05) is 0 Å². The summed E-state index contributed by atoms with van der Waals surface area (Å²) in [4.78, 5) is 11.7. The molecule has 0 saturated heterocycles. The Labute approximate surface area is 116 Å². The number of halogens is 3. The van der Waals surface area contributed by atoms with E-state index in [1.807, 2.05) is 0 Å². The van der Waals surface area contributed by atoms with Gasteiger partial charge in [-0.15, -0.1) is 5.10 Å². The molecular formula is C12H10F3N3O3.